The number of rotatable bonds is 6. The van der Waals surface area contributed by atoms with Crippen molar-refractivity contribution in [2.24, 2.45) is 17.4 Å². The Hall–Kier alpha value is -1.88. The summed E-state index contributed by atoms with van der Waals surface area (Å²) in [5.74, 6) is -1.34. The fourth-order valence-electron chi connectivity index (χ4n) is 6.20. The van der Waals surface area contributed by atoms with Crippen molar-refractivity contribution in [1.82, 2.24) is 19.8 Å². The number of fused-ring (bicyclic) bond motifs is 4. The summed E-state index contributed by atoms with van der Waals surface area (Å²) < 4.78 is 17.3. The standard InChI is InChI=1S/C15H18N4O5.C9H11IN2O5.C4Cl6/c1-5-9(16)12(21)8-6(4-24-14(17)22)15(23-2)13-7(18-13)3-19(15)10(8)11(5)20;10-4-2-12(9(16)11-8(4)15)7-1-5(14)6(3-13)17-7;5-1(3(7)8)2(6)4(9)10/h6-7,13,18H,3-4,16H2,1-2H3,(H2,17,22);2,5-7,13-14H,1,3H2,(H,11,15,16);/t6-,7+,13+,15-;5-,6+,7?;/m10./s1. The average Bonchev–Trinajstić information content (AvgIpc) is 3.51. The van der Waals surface area contributed by atoms with Crippen LogP contribution in [0.5, 0.6) is 0 Å². The molecule has 4 aliphatic heterocycles. The molecule has 5 heterocycles. The van der Waals surface area contributed by atoms with Gasteiger partial charge < -0.3 is 46.1 Å². The minimum absolute atomic E-state index is 0.0586. The second kappa shape index (κ2) is 16.6. The zero-order chi connectivity index (χ0) is 38.3. The lowest BCUT2D eigenvalue weighted by Gasteiger charge is -2.39. The molecule has 0 bridgehead atoms. The van der Waals surface area contributed by atoms with Gasteiger partial charge in [0.2, 0.25) is 11.6 Å². The van der Waals surface area contributed by atoms with Crippen LogP contribution in [0.4, 0.5) is 4.79 Å². The van der Waals surface area contributed by atoms with Crippen molar-refractivity contribution in [2.45, 2.75) is 49.6 Å². The molecule has 0 saturated carbocycles. The molecule has 1 aromatic heterocycles. The Kier molecular flexibility index (Phi) is 13.7. The molecule has 3 saturated heterocycles. The third kappa shape index (κ3) is 8.14. The molecule has 0 spiro atoms. The van der Waals surface area contributed by atoms with Crippen molar-refractivity contribution in [2.75, 3.05) is 26.9 Å². The number of nitrogens with zero attached hydrogens (tertiary/aromatic N) is 2. The number of aliphatic hydroxyl groups excluding tert-OH is 2. The van der Waals surface area contributed by atoms with Crippen molar-refractivity contribution in [3.63, 3.8) is 0 Å². The van der Waals surface area contributed by atoms with Crippen LogP contribution in [-0.4, -0.2) is 99.2 Å². The molecule has 16 nitrogen and oxygen atoms in total. The molecule has 8 N–H and O–H groups in total. The van der Waals surface area contributed by atoms with Gasteiger partial charge in [-0.05, 0) is 29.5 Å². The molecule has 51 heavy (non-hydrogen) atoms. The van der Waals surface area contributed by atoms with E-state index in [4.69, 9.17) is 100 Å². The maximum Gasteiger partial charge on any atom is 0.404 e. The molecule has 0 radical (unpaired) electrons. The third-order valence-electron chi connectivity index (χ3n) is 8.62. The van der Waals surface area contributed by atoms with Gasteiger partial charge in [0.25, 0.3) is 5.56 Å². The molecule has 1 aromatic rings. The Morgan fingerprint density at radius 1 is 1.12 bits per heavy atom. The number of allylic oxidation sites excluding steroid dienone is 4. The quantitative estimate of drug-likeness (QED) is 0.103. The van der Waals surface area contributed by atoms with Gasteiger partial charge >= 0.3 is 11.8 Å². The Bertz CT molecular complexity index is 1850. The fourth-order valence-corrected chi connectivity index (χ4v) is 7.40. The van der Waals surface area contributed by atoms with Crippen LogP contribution >= 0.6 is 92.2 Å². The highest BCUT2D eigenvalue weighted by Gasteiger charge is 2.72. The van der Waals surface area contributed by atoms with E-state index in [1.807, 2.05) is 4.90 Å². The number of nitrogens with one attached hydrogen (secondary N) is 2. The minimum atomic E-state index is -0.957. The van der Waals surface area contributed by atoms with Gasteiger partial charge in [-0.3, -0.25) is 23.9 Å². The maximum atomic E-state index is 12.8. The van der Waals surface area contributed by atoms with Crippen LogP contribution in [0.3, 0.4) is 0 Å². The highest BCUT2D eigenvalue weighted by Crippen LogP contribution is 2.55. The number of aromatic nitrogens is 2. The minimum Gasteiger partial charge on any atom is -0.449 e. The molecule has 6 rings (SSSR count). The van der Waals surface area contributed by atoms with Gasteiger partial charge in [-0.15, -0.1) is 0 Å². The number of aliphatic hydroxyl groups is 2. The van der Waals surface area contributed by atoms with Crippen molar-refractivity contribution in [3.05, 3.63) is 72.2 Å². The van der Waals surface area contributed by atoms with Crippen LogP contribution in [0, 0.1) is 9.49 Å². The highest BCUT2D eigenvalue weighted by atomic mass is 127. The number of Topliss-reactive ketones (excluding diaryl/α,β-unsaturated/α-hetero) is 2. The van der Waals surface area contributed by atoms with Gasteiger partial charge in [0.1, 0.15) is 27.9 Å². The fraction of sp³-hybridized carbons (Fsp3) is 0.464. The maximum absolute atomic E-state index is 12.8. The van der Waals surface area contributed by atoms with Gasteiger partial charge in [0.15, 0.2) is 5.72 Å². The number of primary amides is 1. The number of nitrogens with two attached hydrogens (primary N) is 2. The van der Waals surface area contributed by atoms with E-state index in [0.717, 1.165) is 0 Å². The van der Waals surface area contributed by atoms with Crippen LogP contribution in [0.15, 0.2) is 57.4 Å². The molecule has 3 fully saturated rings. The van der Waals surface area contributed by atoms with Crippen molar-refractivity contribution in [3.8, 4) is 0 Å². The van der Waals surface area contributed by atoms with E-state index < -0.39 is 53.2 Å². The SMILES string of the molecule is CO[C@@]12[C@H](COC(N)=O)C3=C(C(=O)C(C)=C(N)C3=O)N1C[C@@H]1N[C@@H]12.ClC(Cl)=C(Cl)C(Cl)=C(Cl)Cl.O=c1[nH]c(=O)n(C2C[C@H](O)[C@@H](CO)O2)cc1I. The number of aromatic amines is 1. The van der Waals surface area contributed by atoms with Crippen LogP contribution in [-0.2, 0) is 23.8 Å². The number of H-pyrrole nitrogens is 1. The number of carbonyl (C=O) groups is 3. The van der Waals surface area contributed by atoms with E-state index in [1.165, 1.54) is 24.8 Å². The van der Waals surface area contributed by atoms with Crippen molar-refractivity contribution in [1.29, 1.82) is 0 Å². The molecule has 0 aromatic carbocycles. The number of hydrogen-bond acceptors (Lipinski definition) is 13. The topological polar surface area (TPSA) is 251 Å². The molecule has 280 valence electrons. The Balaban J connectivity index is 0.000000189. The number of methoxy groups -OCH3 is 1. The van der Waals surface area contributed by atoms with E-state index >= 15 is 0 Å². The zero-order valence-corrected chi connectivity index (χ0v) is 32.9. The Morgan fingerprint density at radius 2 is 1.73 bits per heavy atom. The van der Waals surface area contributed by atoms with Crippen LogP contribution in [0.25, 0.3) is 0 Å². The first kappa shape index (κ1) is 41.9. The lowest BCUT2D eigenvalue weighted by Crippen LogP contribution is -2.55. The van der Waals surface area contributed by atoms with Crippen LogP contribution in [0.2, 0.25) is 0 Å². The molecular weight excluding hydrogens is 920 g/mol. The number of piperazine rings is 1. The number of hydrogen-bond donors (Lipinski definition) is 6. The second-order valence-electron chi connectivity index (χ2n) is 11.4. The lowest BCUT2D eigenvalue weighted by atomic mass is 9.82. The predicted molar refractivity (Wildman–Crippen MR) is 195 cm³/mol. The van der Waals surface area contributed by atoms with Gasteiger partial charge in [0.05, 0.1) is 49.7 Å². The van der Waals surface area contributed by atoms with Crippen molar-refractivity contribution < 1.29 is 38.8 Å². The van der Waals surface area contributed by atoms with E-state index in [2.05, 4.69) is 10.3 Å². The second-order valence-corrected chi connectivity index (χ2v) is 15.2. The van der Waals surface area contributed by atoms with E-state index in [1.54, 1.807) is 22.6 Å². The summed E-state index contributed by atoms with van der Waals surface area (Å²) in [6.07, 6.45) is -1.56. The molecule has 1 aliphatic carbocycles. The lowest BCUT2D eigenvalue weighted by molar-refractivity contribution is -0.137. The van der Waals surface area contributed by atoms with Crippen LogP contribution < -0.4 is 28.0 Å². The number of halogens is 7. The monoisotopic (exact) mass is 946 g/mol. The smallest absolute Gasteiger partial charge is 0.404 e. The predicted octanol–water partition coefficient (Wildman–Crippen LogP) is 1.89. The first-order valence-electron chi connectivity index (χ1n) is 14.5. The summed E-state index contributed by atoms with van der Waals surface area (Å²) in [7, 11) is 1.52. The van der Waals surface area contributed by atoms with E-state index in [-0.39, 0.29) is 73.4 Å². The summed E-state index contributed by atoms with van der Waals surface area (Å²) in [6, 6.07) is 0.109. The summed E-state index contributed by atoms with van der Waals surface area (Å²) >= 11 is 33.6. The number of ketones is 2. The molecule has 5 aliphatic rings. The zero-order valence-electron chi connectivity index (χ0n) is 26.2. The van der Waals surface area contributed by atoms with Crippen molar-refractivity contribution >= 4 is 110 Å². The molecule has 23 heteroatoms. The molecule has 7 atom stereocenters. The number of ether oxygens (including phenoxy) is 3. The Labute approximate surface area is 332 Å². The number of carbonyl (C=O) groups excluding carboxylic acids is 3. The van der Waals surface area contributed by atoms with Gasteiger partial charge in [-0.2, -0.15) is 0 Å². The molecule has 1 amide bonds. The van der Waals surface area contributed by atoms with Crippen LogP contribution in [0.1, 0.15) is 19.6 Å². The van der Waals surface area contributed by atoms with Gasteiger partial charge in [-0.25, -0.2) is 9.59 Å². The van der Waals surface area contributed by atoms with E-state index in [0.29, 0.717) is 15.8 Å². The summed E-state index contributed by atoms with van der Waals surface area (Å²) in [5.41, 5.74) is 9.63. The summed E-state index contributed by atoms with van der Waals surface area (Å²) in [4.78, 5) is 63.3. The Morgan fingerprint density at radius 3 is 2.24 bits per heavy atom. The largest absolute Gasteiger partial charge is 0.449 e. The van der Waals surface area contributed by atoms with Gasteiger partial charge in [0, 0.05) is 43.5 Å². The normalized spacial score (nSPS) is 28.6. The highest BCUT2D eigenvalue weighted by molar-refractivity contribution is 14.1. The first-order valence-corrected chi connectivity index (χ1v) is 17.9. The average molecular weight is 949 g/mol. The summed E-state index contributed by atoms with van der Waals surface area (Å²) in [5, 5.41) is 21.6. The molecule has 1 unspecified atom stereocenters. The van der Waals surface area contributed by atoms with Gasteiger partial charge in [-0.1, -0.05) is 69.6 Å². The third-order valence-corrected chi connectivity index (χ3v) is 11.4. The molecular formula is C28H29Cl6IN6O10. The van der Waals surface area contributed by atoms with E-state index in [9.17, 15) is 29.1 Å². The number of amides is 1. The first-order chi connectivity index (χ1) is 23.8. The summed E-state index contributed by atoms with van der Waals surface area (Å²) in [6.45, 7) is 1.61.